The lowest BCUT2D eigenvalue weighted by atomic mass is 10.1. The smallest absolute Gasteiger partial charge is 0.330 e. The molecule has 0 aliphatic heterocycles. The van der Waals surface area contributed by atoms with Gasteiger partial charge in [-0.2, -0.15) is 8.42 Å². The molecule has 0 aromatic heterocycles. The zero-order valence-electron chi connectivity index (χ0n) is 15.5. The highest BCUT2D eigenvalue weighted by Gasteiger charge is 2.00. The van der Waals surface area contributed by atoms with Crippen molar-refractivity contribution in [3.8, 4) is 0 Å². The molecule has 0 saturated heterocycles. The normalized spacial score (nSPS) is 10.0. The van der Waals surface area contributed by atoms with Gasteiger partial charge in [0.2, 0.25) is 0 Å². The lowest BCUT2D eigenvalue weighted by Gasteiger charge is -1.95. The number of carboxylic acids is 2. The van der Waals surface area contributed by atoms with E-state index in [0.29, 0.717) is 12.0 Å². The van der Waals surface area contributed by atoms with Gasteiger partial charge in [0, 0.05) is 11.1 Å². The molecule has 0 bridgehead atoms. The van der Waals surface area contributed by atoms with E-state index in [4.69, 9.17) is 14.8 Å². The molecule has 0 saturated carbocycles. The summed E-state index contributed by atoms with van der Waals surface area (Å²) in [5.41, 5.74) is 1.22. The van der Waals surface area contributed by atoms with Gasteiger partial charge >= 0.3 is 11.9 Å². The van der Waals surface area contributed by atoms with E-state index in [1.54, 1.807) is 24.3 Å². The molecule has 0 aliphatic carbocycles. The Labute approximate surface area is 160 Å². The molecule has 7 nitrogen and oxygen atoms in total. The van der Waals surface area contributed by atoms with E-state index in [1.807, 2.05) is 13.0 Å². The monoisotopic (exact) mass is 398 g/mol. The van der Waals surface area contributed by atoms with Gasteiger partial charge in [0.1, 0.15) is 0 Å². The molecule has 3 N–H and O–H groups in total. The molecule has 0 heterocycles. The summed E-state index contributed by atoms with van der Waals surface area (Å²) in [5.74, 6) is -1.81. The first-order chi connectivity index (χ1) is 12.4. The van der Waals surface area contributed by atoms with Gasteiger partial charge in [0.15, 0.2) is 0 Å². The highest BCUT2D eigenvalue weighted by atomic mass is 32.2. The number of rotatable bonds is 7. The Kier molecular flexibility index (Phi) is 14.2. The summed E-state index contributed by atoms with van der Waals surface area (Å²) in [6.07, 6.45) is 3.89. The van der Waals surface area contributed by atoms with E-state index in [-0.39, 0.29) is 5.57 Å². The fourth-order valence-electron chi connectivity index (χ4n) is 1.23. The van der Waals surface area contributed by atoms with Crippen molar-refractivity contribution in [3.05, 3.63) is 65.6 Å². The maximum atomic E-state index is 10.3. The molecule has 0 atom stereocenters. The molecular formula is C19H26O7S. The molecule has 0 fully saturated rings. The summed E-state index contributed by atoms with van der Waals surface area (Å²) in [6.45, 7) is 10.0. The molecule has 0 spiro atoms. The van der Waals surface area contributed by atoms with E-state index in [2.05, 4.69) is 13.2 Å². The van der Waals surface area contributed by atoms with E-state index >= 15 is 0 Å². The average molecular weight is 398 g/mol. The third-order valence-electron chi connectivity index (χ3n) is 2.73. The van der Waals surface area contributed by atoms with Crippen LogP contribution in [0.5, 0.6) is 0 Å². The molecule has 27 heavy (non-hydrogen) atoms. The molecule has 1 rings (SSSR count). The summed E-state index contributed by atoms with van der Waals surface area (Å²) >= 11 is 0. The van der Waals surface area contributed by atoms with Crippen LogP contribution in [0, 0.1) is 0 Å². The van der Waals surface area contributed by atoms with Crippen LogP contribution in [0.4, 0.5) is 0 Å². The maximum Gasteiger partial charge on any atom is 0.330 e. The fourth-order valence-corrected chi connectivity index (χ4v) is 1.55. The largest absolute Gasteiger partial charge is 0.478 e. The number of hydrogen-bond acceptors (Lipinski definition) is 4. The Morgan fingerprint density at radius 3 is 1.89 bits per heavy atom. The molecule has 1 aromatic rings. The standard InChI is InChI=1S/C8H8O3S.C7H12O2.C4H6O2/c9-12(10,11)7-6-8-4-2-1-3-5-8;1-3-4-5-6(2)7(8)9;1-3(2)4(5)6/h1-7H,(H,9,10,11);2-5H2,1H3,(H,8,9);1H2,2H3,(H,5,6). The minimum absolute atomic E-state index is 0.176. The van der Waals surface area contributed by atoms with Gasteiger partial charge in [-0.25, -0.2) is 9.59 Å². The van der Waals surface area contributed by atoms with Crippen molar-refractivity contribution in [1.82, 2.24) is 0 Å². The number of benzene rings is 1. The molecule has 1 aromatic carbocycles. The quantitative estimate of drug-likeness (QED) is 0.467. The van der Waals surface area contributed by atoms with Crippen molar-refractivity contribution < 1.29 is 32.8 Å². The van der Waals surface area contributed by atoms with Crippen molar-refractivity contribution >= 4 is 28.1 Å². The number of unbranched alkanes of at least 4 members (excludes halogenated alkanes) is 1. The average Bonchev–Trinajstić information content (AvgIpc) is 2.59. The first kappa shape index (κ1) is 26.5. The van der Waals surface area contributed by atoms with Crippen LogP contribution in [0.1, 0.15) is 38.7 Å². The van der Waals surface area contributed by atoms with Crippen molar-refractivity contribution in [2.75, 3.05) is 0 Å². The van der Waals surface area contributed by atoms with E-state index in [1.165, 1.54) is 13.0 Å². The number of aliphatic carboxylic acids is 2. The van der Waals surface area contributed by atoms with Crippen molar-refractivity contribution in [2.45, 2.75) is 33.1 Å². The van der Waals surface area contributed by atoms with Gasteiger partial charge in [-0.3, -0.25) is 4.55 Å². The minimum atomic E-state index is -4.00. The second kappa shape index (κ2) is 14.5. The van der Waals surface area contributed by atoms with Gasteiger partial charge in [0.05, 0.1) is 5.41 Å². The zero-order valence-corrected chi connectivity index (χ0v) is 16.3. The number of carboxylic acid groups (broad SMARTS) is 2. The van der Waals surface area contributed by atoms with E-state index < -0.39 is 22.1 Å². The SMILES string of the molecule is C=C(C)C(=O)O.C=C(CCCC)C(=O)O.O=S(=O)(O)C=Cc1ccccc1. The van der Waals surface area contributed by atoms with Gasteiger partial charge in [-0.15, -0.1) is 0 Å². The van der Waals surface area contributed by atoms with Crippen LogP contribution >= 0.6 is 0 Å². The molecule has 150 valence electrons. The van der Waals surface area contributed by atoms with Crippen molar-refractivity contribution in [2.24, 2.45) is 0 Å². The zero-order chi connectivity index (χ0) is 21.5. The van der Waals surface area contributed by atoms with Gasteiger partial charge < -0.3 is 10.2 Å². The maximum absolute atomic E-state index is 10.3. The predicted molar refractivity (Wildman–Crippen MR) is 106 cm³/mol. The summed E-state index contributed by atoms with van der Waals surface area (Å²) in [7, 11) is -4.00. The second-order valence-corrected chi connectivity index (χ2v) is 6.63. The Hall–Kier alpha value is -2.71. The van der Waals surface area contributed by atoms with Gasteiger partial charge in [-0.1, -0.05) is 56.8 Å². The van der Waals surface area contributed by atoms with Crippen LogP contribution in [0.2, 0.25) is 0 Å². The fraction of sp³-hybridized carbons (Fsp3) is 0.263. The Morgan fingerprint density at radius 1 is 1.07 bits per heavy atom. The minimum Gasteiger partial charge on any atom is -0.478 e. The molecule has 0 aliphatic rings. The highest BCUT2D eigenvalue weighted by Crippen LogP contribution is 2.03. The molecular weight excluding hydrogens is 372 g/mol. The van der Waals surface area contributed by atoms with Crippen LogP contribution in [-0.2, 0) is 19.7 Å². The summed E-state index contributed by atoms with van der Waals surface area (Å²) in [6, 6.07) is 8.86. The molecule has 0 radical (unpaired) electrons. The van der Waals surface area contributed by atoms with Gasteiger partial charge in [-0.05, 0) is 31.4 Å². The predicted octanol–water partition coefficient (Wildman–Crippen LogP) is 4.01. The molecule has 8 heteroatoms. The highest BCUT2D eigenvalue weighted by molar-refractivity contribution is 7.88. The summed E-state index contributed by atoms with van der Waals surface area (Å²) in [4.78, 5) is 19.7. The number of hydrogen-bond donors (Lipinski definition) is 3. The van der Waals surface area contributed by atoms with Crippen LogP contribution in [-0.4, -0.2) is 35.1 Å². The topological polar surface area (TPSA) is 129 Å². The second-order valence-electron chi connectivity index (χ2n) is 5.33. The van der Waals surface area contributed by atoms with Crippen molar-refractivity contribution in [3.63, 3.8) is 0 Å². The lowest BCUT2D eigenvalue weighted by molar-refractivity contribution is -0.133. The van der Waals surface area contributed by atoms with Crippen LogP contribution in [0.3, 0.4) is 0 Å². The Bertz CT molecular complexity index is 736. The van der Waals surface area contributed by atoms with Crippen molar-refractivity contribution in [1.29, 1.82) is 0 Å². The number of carbonyl (C=O) groups is 2. The summed E-state index contributed by atoms with van der Waals surface area (Å²) < 4.78 is 28.9. The molecule has 0 unspecified atom stereocenters. The third kappa shape index (κ3) is 19.5. The Morgan fingerprint density at radius 2 is 1.56 bits per heavy atom. The molecule has 0 amide bonds. The van der Waals surface area contributed by atoms with E-state index in [9.17, 15) is 18.0 Å². The first-order valence-corrected chi connectivity index (χ1v) is 9.41. The third-order valence-corrected chi connectivity index (χ3v) is 3.21. The van der Waals surface area contributed by atoms with E-state index in [0.717, 1.165) is 23.8 Å². The van der Waals surface area contributed by atoms with Crippen LogP contribution in [0.15, 0.2) is 60.0 Å². The lowest BCUT2D eigenvalue weighted by Crippen LogP contribution is -1.97. The van der Waals surface area contributed by atoms with Crippen LogP contribution in [0.25, 0.3) is 6.08 Å². The first-order valence-electron chi connectivity index (χ1n) is 7.91. The van der Waals surface area contributed by atoms with Gasteiger partial charge in [0.25, 0.3) is 10.1 Å². The summed E-state index contributed by atoms with van der Waals surface area (Å²) in [5, 5.41) is 17.0. The Balaban J connectivity index is 0. The van der Waals surface area contributed by atoms with Crippen LogP contribution < -0.4 is 0 Å².